The number of aliphatic hydroxyl groups excluding tert-OH is 1. The number of alkyl carbamates (subject to hydrolysis) is 1. The highest BCUT2D eigenvalue weighted by atomic mass is 35.5. The van der Waals surface area contributed by atoms with Crippen molar-refractivity contribution in [1.29, 1.82) is 0 Å². The Balaban J connectivity index is 2.48. The Bertz CT molecular complexity index is 447. The first kappa shape index (κ1) is 18.7. The van der Waals surface area contributed by atoms with Gasteiger partial charge in [0.1, 0.15) is 5.60 Å². The van der Waals surface area contributed by atoms with Crippen molar-refractivity contribution in [2.75, 3.05) is 12.5 Å². The van der Waals surface area contributed by atoms with Crippen LogP contribution in [0.25, 0.3) is 0 Å². The average Bonchev–Trinajstić information content (AvgIpc) is 2.44. The van der Waals surface area contributed by atoms with Crippen LogP contribution >= 0.6 is 11.6 Å². The Labute approximate surface area is 136 Å². The molecule has 1 unspecified atom stereocenters. The van der Waals surface area contributed by atoms with Gasteiger partial charge in [-0.2, -0.15) is 0 Å². The summed E-state index contributed by atoms with van der Waals surface area (Å²) in [6.45, 7) is 5.84. The zero-order valence-electron chi connectivity index (χ0n) is 13.2. The number of hydrogen-bond acceptors (Lipinski definition) is 4. The molecule has 0 spiro atoms. The van der Waals surface area contributed by atoms with Gasteiger partial charge in [-0.15, -0.1) is 11.6 Å². The van der Waals surface area contributed by atoms with E-state index >= 15 is 0 Å². The number of rotatable bonds is 7. The molecule has 5 nitrogen and oxygen atoms in total. The predicted molar refractivity (Wildman–Crippen MR) is 86.0 cm³/mol. The third kappa shape index (κ3) is 7.64. The van der Waals surface area contributed by atoms with Gasteiger partial charge in [-0.05, 0) is 26.3 Å². The summed E-state index contributed by atoms with van der Waals surface area (Å²) in [5.41, 5.74) is 0.407. The van der Waals surface area contributed by atoms with Gasteiger partial charge in [-0.25, -0.2) is 4.79 Å². The molecule has 2 N–H and O–H groups in total. The molecule has 6 heteroatoms. The van der Waals surface area contributed by atoms with Crippen LogP contribution in [0.4, 0.5) is 4.79 Å². The molecule has 1 rings (SSSR count). The molecule has 0 heterocycles. The number of carbonyl (C=O) groups excluding carboxylic acids is 1. The van der Waals surface area contributed by atoms with Gasteiger partial charge in [0.25, 0.3) is 0 Å². The van der Waals surface area contributed by atoms with E-state index in [0.29, 0.717) is 6.61 Å². The summed E-state index contributed by atoms with van der Waals surface area (Å²) in [4.78, 5) is 11.8. The van der Waals surface area contributed by atoms with E-state index in [1.165, 1.54) is 0 Å². The van der Waals surface area contributed by atoms with Crippen LogP contribution in [0.1, 0.15) is 26.3 Å². The maximum atomic E-state index is 11.8. The standard InChI is InChI=1S/C16H24ClNO4/c1-16(2,3)22-15(20)18-13(14(19)9-17)11-21-10-12-7-5-4-6-8-12/h4-8,13-14,19H,9-11H2,1-3H3,(H,18,20)/t13-,14?/m0/s1. The molecule has 1 aromatic rings. The molecule has 1 amide bonds. The molecule has 0 aliphatic carbocycles. The molecule has 0 bridgehead atoms. The fourth-order valence-corrected chi connectivity index (χ4v) is 1.91. The summed E-state index contributed by atoms with van der Waals surface area (Å²) >= 11 is 5.66. The van der Waals surface area contributed by atoms with Crippen LogP contribution in [-0.2, 0) is 16.1 Å². The Hall–Kier alpha value is -1.30. The third-order valence-electron chi connectivity index (χ3n) is 2.73. The molecule has 2 atom stereocenters. The third-order valence-corrected chi connectivity index (χ3v) is 3.05. The van der Waals surface area contributed by atoms with Gasteiger partial charge < -0.3 is 19.9 Å². The van der Waals surface area contributed by atoms with E-state index in [1.807, 2.05) is 30.3 Å². The molecule has 22 heavy (non-hydrogen) atoms. The minimum absolute atomic E-state index is 0.00480. The second-order valence-corrected chi connectivity index (χ2v) is 6.28. The maximum absolute atomic E-state index is 11.8. The van der Waals surface area contributed by atoms with Crippen LogP contribution in [0.15, 0.2) is 30.3 Å². The largest absolute Gasteiger partial charge is 0.444 e. The summed E-state index contributed by atoms with van der Waals surface area (Å²) < 4.78 is 10.7. The number of ether oxygens (including phenoxy) is 2. The lowest BCUT2D eigenvalue weighted by atomic mass is 10.2. The van der Waals surface area contributed by atoms with Crippen LogP contribution < -0.4 is 5.32 Å². The number of hydrogen-bond donors (Lipinski definition) is 2. The summed E-state index contributed by atoms with van der Waals surface area (Å²) in [7, 11) is 0. The zero-order chi connectivity index (χ0) is 16.6. The molecule has 1 aromatic carbocycles. The summed E-state index contributed by atoms with van der Waals surface area (Å²) in [5, 5.41) is 12.5. The van der Waals surface area contributed by atoms with E-state index in [1.54, 1.807) is 20.8 Å². The SMILES string of the molecule is CC(C)(C)OC(=O)N[C@@H](COCc1ccccc1)C(O)CCl. The predicted octanol–water partition coefficient (Wildman–Crippen LogP) is 2.70. The number of alkyl halides is 1. The van der Waals surface area contributed by atoms with E-state index in [2.05, 4.69) is 5.32 Å². The number of nitrogens with one attached hydrogen (secondary N) is 1. The molecule has 0 aromatic heterocycles. The minimum atomic E-state index is -0.912. The first-order chi connectivity index (χ1) is 10.3. The van der Waals surface area contributed by atoms with Crippen molar-refractivity contribution in [3.05, 3.63) is 35.9 Å². The maximum Gasteiger partial charge on any atom is 0.408 e. The molecule has 0 saturated heterocycles. The Morgan fingerprint density at radius 1 is 1.32 bits per heavy atom. The van der Waals surface area contributed by atoms with Crippen LogP contribution in [-0.4, -0.2) is 41.4 Å². The van der Waals surface area contributed by atoms with Crippen molar-refractivity contribution in [1.82, 2.24) is 5.32 Å². The van der Waals surface area contributed by atoms with Crippen LogP contribution in [0.3, 0.4) is 0 Å². The van der Waals surface area contributed by atoms with Gasteiger partial charge in [0.05, 0.1) is 31.2 Å². The molecule has 0 radical (unpaired) electrons. The highest BCUT2D eigenvalue weighted by molar-refractivity contribution is 6.18. The summed E-state index contributed by atoms with van der Waals surface area (Å²) in [6, 6.07) is 9.01. The highest BCUT2D eigenvalue weighted by Gasteiger charge is 2.24. The van der Waals surface area contributed by atoms with Crippen LogP contribution in [0.2, 0.25) is 0 Å². The topological polar surface area (TPSA) is 67.8 Å². The summed E-state index contributed by atoms with van der Waals surface area (Å²) in [5.74, 6) is -0.00480. The number of benzene rings is 1. The monoisotopic (exact) mass is 329 g/mol. The zero-order valence-corrected chi connectivity index (χ0v) is 14.0. The molecule has 0 saturated carbocycles. The normalized spacial score (nSPS) is 14.2. The van der Waals surface area contributed by atoms with Crippen LogP contribution in [0.5, 0.6) is 0 Å². The molecule has 124 valence electrons. The number of halogens is 1. The van der Waals surface area contributed by atoms with E-state index in [9.17, 15) is 9.90 Å². The first-order valence-electron chi connectivity index (χ1n) is 7.17. The van der Waals surface area contributed by atoms with Gasteiger partial charge in [-0.3, -0.25) is 0 Å². The van der Waals surface area contributed by atoms with Gasteiger partial charge in [-0.1, -0.05) is 30.3 Å². The van der Waals surface area contributed by atoms with Crippen molar-refractivity contribution in [2.24, 2.45) is 0 Å². The van der Waals surface area contributed by atoms with Crippen molar-refractivity contribution in [3.63, 3.8) is 0 Å². The van der Waals surface area contributed by atoms with Gasteiger partial charge >= 0.3 is 6.09 Å². The number of aliphatic hydroxyl groups is 1. The minimum Gasteiger partial charge on any atom is -0.444 e. The van der Waals surface area contributed by atoms with Crippen LogP contribution in [0, 0.1) is 0 Å². The molecule has 0 aliphatic rings. The summed E-state index contributed by atoms with van der Waals surface area (Å²) in [6.07, 6.45) is -1.52. The number of carbonyl (C=O) groups is 1. The van der Waals surface area contributed by atoms with Gasteiger partial charge in [0, 0.05) is 0 Å². The fourth-order valence-electron chi connectivity index (χ4n) is 1.69. The fraction of sp³-hybridized carbons (Fsp3) is 0.562. The van der Waals surface area contributed by atoms with Gasteiger partial charge in [0.2, 0.25) is 0 Å². The van der Waals surface area contributed by atoms with Crippen molar-refractivity contribution in [3.8, 4) is 0 Å². The Morgan fingerprint density at radius 3 is 2.50 bits per heavy atom. The van der Waals surface area contributed by atoms with E-state index in [-0.39, 0.29) is 12.5 Å². The molecular weight excluding hydrogens is 306 g/mol. The second-order valence-electron chi connectivity index (χ2n) is 5.98. The first-order valence-corrected chi connectivity index (χ1v) is 7.70. The quantitative estimate of drug-likeness (QED) is 0.755. The van der Waals surface area contributed by atoms with E-state index < -0.39 is 23.8 Å². The highest BCUT2D eigenvalue weighted by Crippen LogP contribution is 2.08. The van der Waals surface area contributed by atoms with Crippen molar-refractivity contribution >= 4 is 17.7 Å². The van der Waals surface area contributed by atoms with Crippen molar-refractivity contribution < 1.29 is 19.4 Å². The lowest BCUT2D eigenvalue weighted by Gasteiger charge is -2.25. The van der Waals surface area contributed by atoms with Crippen molar-refractivity contribution in [2.45, 2.75) is 45.1 Å². The lowest BCUT2D eigenvalue weighted by molar-refractivity contribution is 0.0241. The number of amides is 1. The van der Waals surface area contributed by atoms with E-state index in [4.69, 9.17) is 21.1 Å². The smallest absolute Gasteiger partial charge is 0.408 e. The Kier molecular flexibility index (Phi) is 7.65. The van der Waals surface area contributed by atoms with Gasteiger partial charge in [0.15, 0.2) is 0 Å². The second kappa shape index (κ2) is 8.98. The average molecular weight is 330 g/mol. The lowest BCUT2D eigenvalue weighted by Crippen LogP contribution is -2.48. The molecule has 0 fully saturated rings. The Morgan fingerprint density at radius 2 is 1.95 bits per heavy atom. The molecule has 0 aliphatic heterocycles. The van der Waals surface area contributed by atoms with E-state index in [0.717, 1.165) is 5.56 Å². The molecular formula is C16H24ClNO4.